The Hall–Kier alpha value is -4.99. The van der Waals surface area contributed by atoms with E-state index < -0.39 is 0 Å². The Kier molecular flexibility index (Phi) is 6.04. The fourth-order valence-corrected chi connectivity index (χ4v) is 4.81. The number of amides is 1. The van der Waals surface area contributed by atoms with Gasteiger partial charge in [0.2, 0.25) is 0 Å². The summed E-state index contributed by atoms with van der Waals surface area (Å²) >= 11 is 0. The predicted molar refractivity (Wildman–Crippen MR) is 145 cm³/mol. The van der Waals surface area contributed by atoms with Crippen LogP contribution >= 0.6 is 0 Å². The fraction of sp³-hybridized carbons (Fsp3) is 0.179. The quantitative estimate of drug-likeness (QED) is 0.359. The van der Waals surface area contributed by atoms with E-state index in [0.717, 1.165) is 24.2 Å². The second-order valence-corrected chi connectivity index (χ2v) is 9.21. The summed E-state index contributed by atoms with van der Waals surface area (Å²) in [5.41, 5.74) is 14.7. The molecule has 1 aliphatic heterocycles. The Balaban J connectivity index is 1.31. The molecule has 0 radical (unpaired) electrons. The van der Waals surface area contributed by atoms with E-state index >= 15 is 0 Å². The summed E-state index contributed by atoms with van der Waals surface area (Å²) in [6.45, 7) is 1.15. The summed E-state index contributed by atoms with van der Waals surface area (Å²) in [4.78, 5) is 27.8. The van der Waals surface area contributed by atoms with E-state index in [-0.39, 0.29) is 11.9 Å². The SMILES string of the molecule is Nc1ccc(C(=O)N2CCCC(n3nc(-c4ccc(Oc5ccccc5)cc4)c4c(N)ncnc43)C2)cn1. The number of piperidine rings is 1. The van der Waals surface area contributed by atoms with Crippen molar-refractivity contribution in [3.63, 3.8) is 0 Å². The minimum atomic E-state index is -0.0815. The molecule has 1 atom stereocenters. The predicted octanol–water partition coefficient (Wildman–Crippen LogP) is 4.32. The van der Waals surface area contributed by atoms with E-state index in [9.17, 15) is 4.79 Å². The van der Waals surface area contributed by atoms with E-state index in [1.807, 2.05) is 64.2 Å². The van der Waals surface area contributed by atoms with Crippen LogP contribution in [0.1, 0.15) is 29.2 Å². The molecule has 190 valence electrons. The smallest absolute Gasteiger partial charge is 0.255 e. The van der Waals surface area contributed by atoms with Gasteiger partial charge >= 0.3 is 0 Å². The van der Waals surface area contributed by atoms with Gasteiger partial charge in [-0.15, -0.1) is 0 Å². The van der Waals surface area contributed by atoms with Crippen molar-refractivity contribution in [3.8, 4) is 22.8 Å². The van der Waals surface area contributed by atoms with Gasteiger partial charge in [-0.05, 0) is 61.4 Å². The molecular formula is C28H26N8O2. The molecular weight excluding hydrogens is 480 g/mol. The zero-order chi connectivity index (χ0) is 26.1. The monoisotopic (exact) mass is 506 g/mol. The number of pyridine rings is 1. The number of ether oxygens (including phenoxy) is 1. The number of carbonyl (C=O) groups excluding carboxylic acids is 1. The average Bonchev–Trinajstić information content (AvgIpc) is 3.35. The van der Waals surface area contributed by atoms with Crippen molar-refractivity contribution in [2.75, 3.05) is 24.6 Å². The molecule has 0 saturated carbocycles. The first-order chi connectivity index (χ1) is 18.6. The van der Waals surface area contributed by atoms with Gasteiger partial charge in [-0.25, -0.2) is 19.6 Å². The largest absolute Gasteiger partial charge is 0.457 e. The van der Waals surface area contributed by atoms with Gasteiger partial charge < -0.3 is 21.1 Å². The molecule has 1 saturated heterocycles. The topological polar surface area (TPSA) is 138 Å². The molecule has 1 amide bonds. The van der Waals surface area contributed by atoms with E-state index in [4.69, 9.17) is 21.3 Å². The van der Waals surface area contributed by atoms with Crippen molar-refractivity contribution in [2.24, 2.45) is 0 Å². The number of rotatable bonds is 5. The molecule has 4 heterocycles. The van der Waals surface area contributed by atoms with Crippen molar-refractivity contribution < 1.29 is 9.53 Å². The third kappa shape index (κ3) is 4.47. The highest BCUT2D eigenvalue weighted by Crippen LogP contribution is 2.35. The van der Waals surface area contributed by atoms with Crippen LogP contribution in [0.15, 0.2) is 79.3 Å². The van der Waals surface area contributed by atoms with Crippen LogP contribution in [-0.4, -0.2) is 48.6 Å². The van der Waals surface area contributed by atoms with Crippen LogP contribution in [0.4, 0.5) is 11.6 Å². The summed E-state index contributed by atoms with van der Waals surface area (Å²) < 4.78 is 7.82. The number of benzene rings is 2. The number of hydrogen-bond donors (Lipinski definition) is 2. The molecule has 5 aromatic rings. The molecule has 0 aliphatic carbocycles. The Bertz CT molecular complexity index is 1580. The second kappa shape index (κ2) is 9.81. The molecule has 6 rings (SSSR count). The van der Waals surface area contributed by atoms with Gasteiger partial charge in [-0.2, -0.15) is 5.10 Å². The minimum absolute atomic E-state index is 0.0688. The molecule has 4 N–H and O–H groups in total. The van der Waals surface area contributed by atoms with Gasteiger partial charge in [0, 0.05) is 24.8 Å². The van der Waals surface area contributed by atoms with E-state index in [1.165, 1.54) is 12.5 Å². The van der Waals surface area contributed by atoms with Crippen LogP contribution in [0, 0.1) is 0 Å². The number of nitrogen functional groups attached to an aromatic ring is 2. The number of aromatic nitrogens is 5. The number of nitrogens with zero attached hydrogens (tertiary/aromatic N) is 6. The average molecular weight is 507 g/mol. The lowest BCUT2D eigenvalue weighted by Gasteiger charge is -2.33. The number of hydrogen-bond acceptors (Lipinski definition) is 8. The number of likely N-dealkylation sites (tertiary alicyclic amines) is 1. The van der Waals surface area contributed by atoms with Crippen LogP contribution in [0.25, 0.3) is 22.3 Å². The fourth-order valence-electron chi connectivity index (χ4n) is 4.81. The lowest BCUT2D eigenvalue weighted by molar-refractivity contribution is 0.0675. The van der Waals surface area contributed by atoms with Gasteiger partial charge in [0.15, 0.2) is 5.65 Å². The van der Waals surface area contributed by atoms with Gasteiger partial charge in [-0.1, -0.05) is 18.2 Å². The standard InChI is InChI=1S/C28H26N8O2/c29-23-13-10-19(15-31-23)28(37)35-14-4-5-20(16-35)36-27-24(26(30)32-17-33-27)25(34-36)18-8-11-22(12-9-18)38-21-6-2-1-3-7-21/h1-3,6-13,15,17,20H,4-5,14,16H2,(H2,29,31)(H2,30,32,33). The second-order valence-electron chi connectivity index (χ2n) is 9.21. The molecule has 10 heteroatoms. The number of anilines is 2. The highest BCUT2D eigenvalue weighted by molar-refractivity contribution is 5.98. The molecule has 10 nitrogen and oxygen atoms in total. The molecule has 0 bridgehead atoms. The van der Waals surface area contributed by atoms with Gasteiger partial charge in [0.25, 0.3) is 5.91 Å². The number of para-hydroxylation sites is 1. The lowest BCUT2D eigenvalue weighted by atomic mass is 10.0. The summed E-state index contributed by atoms with van der Waals surface area (Å²) in [5, 5.41) is 5.65. The first-order valence-electron chi connectivity index (χ1n) is 12.4. The van der Waals surface area contributed by atoms with E-state index in [2.05, 4.69) is 15.0 Å². The molecule has 1 aliphatic rings. The normalized spacial score (nSPS) is 15.5. The first-order valence-corrected chi connectivity index (χ1v) is 12.4. The Labute approximate surface area is 218 Å². The summed E-state index contributed by atoms with van der Waals surface area (Å²) in [7, 11) is 0. The van der Waals surface area contributed by atoms with Crippen LogP contribution in [0.2, 0.25) is 0 Å². The minimum Gasteiger partial charge on any atom is -0.457 e. The zero-order valence-electron chi connectivity index (χ0n) is 20.6. The maximum absolute atomic E-state index is 13.2. The van der Waals surface area contributed by atoms with E-state index in [1.54, 1.807) is 12.1 Å². The molecule has 1 unspecified atom stereocenters. The Morgan fingerprint density at radius 1 is 0.921 bits per heavy atom. The van der Waals surface area contributed by atoms with Crippen molar-refractivity contribution in [1.29, 1.82) is 0 Å². The number of nitrogens with two attached hydrogens (primary N) is 2. The highest BCUT2D eigenvalue weighted by atomic mass is 16.5. The van der Waals surface area contributed by atoms with Crippen LogP contribution in [-0.2, 0) is 0 Å². The summed E-state index contributed by atoms with van der Waals surface area (Å²) in [6, 6.07) is 20.6. The van der Waals surface area contributed by atoms with Gasteiger partial charge in [0.1, 0.15) is 35.2 Å². The zero-order valence-corrected chi connectivity index (χ0v) is 20.6. The third-order valence-corrected chi connectivity index (χ3v) is 6.69. The van der Waals surface area contributed by atoms with Crippen LogP contribution < -0.4 is 16.2 Å². The molecule has 3 aromatic heterocycles. The number of carbonyl (C=O) groups is 1. The lowest BCUT2D eigenvalue weighted by Crippen LogP contribution is -2.41. The Morgan fingerprint density at radius 2 is 1.71 bits per heavy atom. The molecule has 1 fully saturated rings. The van der Waals surface area contributed by atoms with Crippen molar-refractivity contribution >= 4 is 28.6 Å². The summed E-state index contributed by atoms with van der Waals surface area (Å²) in [5.74, 6) is 2.13. The van der Waals surface area contributed by atoms with Crippen molar-refractivity contribution in [3.05, 3.63) is 84.8 Å². The van der Waals surface area contributed by atoms with E-state index in [0.29, 0.717) is 52.8 Å². The maximum Gasteiger partial charge on any atom is 0.255 e. The number of fused-ring (bicyclic) bond motifs is 1. The first kappa shape index (κ1) is 23.4. The van der Waals surface area contributed by atoms with Gasteiger partial charge in [-0.3, -0.25) is 4.79 Å². The molecule has 38 heavy (non-hydrogen) atoms. The molecule has 0 spiro atoms. The summed E-state index contributed by atoms with van der Waals surface area (Å²) in [6.07, 6.45) is 4.65. The molecule has 2 aromatic carbocycles. The van der Waals surface area contributed by atoms with Crippen LogP contribution in [0.5, 0.6) is 11.5 Å². The van der Waals surface area contributed by atoms with Crippen molar-refractivity contribution in [2.45, 2.75) is 18.9 Å². The van der Waals surface area contributed by atoms with Crippen LogP contribution in [0.3, 0.4) is 0 Å². The maximum atomic E-state index is 13.2. The van der Waals surface area contributed by atoms with Gasteiger partial charge in [0.05, 0.1) is 17.0 Å². The third-order valence-electron chi connectivity index (χ3n) is 6.69. The highest BCUT2D eigenvalue weighted by Gasteiger charge is 2.29. The Morgan fingerprint density at radius 3 is 2.47 bits per heavy atom. The van der Waals surface area contributed by atoms with Crippen molar-refractivity contribution in [1.82, 2.24) is 29.6 Å².